The molecule has 0 spiro atoms. The first kappa shape index (κ1) is 12.5. The lowest BCUT2D eigenvalue weighted by Crippen LogP contribution is -2.39. The zero-order valence-electron chi connectivity index (χ0n) is 10.6. The Labute approximate surface area is 106 Å². The Hall–Kier alpha value is -1.94. The number of anilines is 1. The Bertz CT molecular complexity index is 560. The topological polar surface area (TPSA) is 68.0 Å². The SMILES string of the molecule is CC(C)[C@@H](N)C(=O)Nc1cccc2cccnc12. The van der Waals surface area contributed by atoms with Crippen molar-refractivity contribution in [2.24, 2.45) is 11.7 Å². The maximum atomic E-state index is 11.9. The van der Waals surface area contributed by atoms with Gasteiger partial charge in [0, 0.05) is 11.6 Å². The Morgan fingerprint density at radius 1 is 1.28 bits per heavy atom. The summed E-state index contributed by atoms with van der Waals surface area (Å²) in [6.07, 6.45) is 1.71. The summed E-state index contributed by atoms with van der Waals surface area (Å²) >= 11 is 0. The average Bonchev–Trinajstić information content (AvgIpc) is 2.38. The van der Waals surface area contributed by atoms with Crippen molar-refractivity contribution in [3.63, 3.8) is 0 Å². The molecule has 1 amide bonds. The summed E-state index contributed by atoms with van der Waals surface area (Å²) in [5.41, 5.74) is 7.30. The molecule has 0 unspecified atom stereocenters. The van der Waals surface area contributed by atoms with E-state index in [2.05, 4.69) is 10.3 Å². The van der Waals surface area contributed by atoms with E-state index in [1.807, 2.05) is 44.2 Å². The van der Waals surface area contributed by atoms with Crippen molar-refractivity contribution in [1.29, 1.82) is 0 Å². The molecular formula is C14H17N3O. The number of aromatic nitrogens is 1. The molecule has 18 heavy (non-hydrogen) atoms. The summed E-state index contributed by atoms with van der Waals surface area (Å²) in [5, 5.41) is 3.83. The molecule has 94 valence electrons. The number of benzene rings is 1. The van der Waals surface area contributed by atoms with Gasteiger partial charge in [-0.3, -0.25) is 9.78 Å². The fourth-order valence-corrected chi connectivity index (χ4v) is 1.72. The number of hydrogen-bond donors (Lipinski definition) is 2. The zero-order valence-corrected chi connectivity index (χ0v) is 10.6. The number of hydrogen-bond acceptors (Lipinski definition) is 3. The minimum atomic E-state index is -0.510. The number of amides is 1. The molecule has 2 aromatic rings. The molecule has 1 atom stereocenters. The third kappa shape index (κ3) is 2.49. The van der Waals surface area contributed by atoms with Crippen LogP contribution in [0.15, 0.2) is 36.5 Å². The molecule has 0 aliphatic heterocycles. The zero-order chi connectivity index (χ0) is 13.1. The number of nitrogens with two attached hydrogens (primary N) is 1. The van der Waals surface area contributed by atoms with E-state index < -0.39 is 6.04 Å². The van der Waals surface area contributed by atoms with E-state index in [0.717, 1.165) is 10.9 Å². The molecule has 1 heterocycles. The lowest BCUT2D eigenvalue weighted by molar-refractivity contribution is -0.118. The third-order valence-electron chi connectivity index (χ3n) is 2.91. The normalized spacial score (nSPS) is 12.7. The Morgan fingerprint density at radius 2 is 2.00 bits per heavy atom. The predicted octanol–water partition coefficient (Wildman–Crippen LogP) is 2.16. The maximum absolute atomic E-state index is 11.9. The van der Waals surface area contributed by atoms with E-state index in [1.54, 1.807) is 6.20 Å². The molecule has 0 aliphatic carbocycles. The highest BCUT2D eigenvalue weighted by Gasteiger charge is 2.17. The lowest BCUT2D eigenvalue weighted by atomic mass is 10.0. The summed E-state index contributed by atoms with van der Waals surface area (Å²) in [4.78, 5) is 16.2. The van der Waals surface area contributed by atoms with Crippen LogP contribution in [0.3, 0.4) is 0 Å². The molecule has 3 N–H and O–H groups in total. The van der Waals surface area contributed by atoms with Gasteiger partial charge in [0.25, 0.3) is 0 Å². The first-order valence-corrected chi connectivity index (χ1v) is 6.00. The summed E-state index contributed by atoms with van der Waals surface area (Å²) in [7, 11) is 0. The highest BCUT2D eigenvalue weighted by Crippen LogP contribution is 2.20. The van der Waals surface area contributed by atoms with Gasteiger partial charge >= 0.3 is 0 Å². The van der Waals surface area contributed by atoms with E-state index in [1.165, 1.54) is 0 Å². The van der Waals surface area contributed by atoms with Crippen molar-refractivity contribution in [1.82, 2.24) is 4.98 Å². The summed E-state index contributed by atoms with van der Waals surface area (Å²) < 4.78 is 0. The molecular weight excluding hydrogens is 226 g/mol. The monoisotopic (exact) mass is 243 g/mol. The minimum absolute atomic E-state index is 0.105. The number of carbonyl (C=O) groups excluding carboxylic acids is 1. The Kier molecular flexibility index (Phi) is 3.58. The van der Waals surface area contributed by atoms with Gasteiger partial charge in [-0.15, -0.1) is 0 Å². The second-order valence-corrected chi connectivity index (χ2v) is 4.64. The molecule has 0 saturated carbocycles. The van der Waals surface area contributed by atoms with Gasteiger partial charge in [0.1, 0.15) is 0 Å². The Balaban J connectivity index is 2.30. The fraction of sp³-hybridized carbons (Fsp3) is 0.286. The van der Waals surface area contributed by atoms with Crippen LogP contribution in [0.5, 0.6) is 0 Å². The molecule has 0 radical (unpaired) electrons. The van der Waals surface area contributed by atoms with Crippen LogP contribution in [0, 0.1) is 5.92 Å². The lowest BCUT2D eigenvalue weighted by Gasteiger charge is -2.16. The van der Waals surface area contributed by atoms with Gasteiger partial charge in [-0.05, 0) is 18.1 Å². The molecule has 2 rings (SSSR count). The van der Waals surface area contributed by atoms with Gasteiger partial charge < -0.3 is 11.1 Å². The minimum Gasteiger partial charge on any atom is -0.323 e. The molecule has 4 heteroatoms. The molecule has 1 aromatic heterocycles. The quantitative estimate of drug-likeness (QED) is 0.868. The first-order valence-electron chi connectivity index (χ1n) is 6.00. The van der Waals surface area contributed by atoms with Crippen LogP contribution < -0.4 is 11.1 Å². The van der Waals surface area contributed by atoms with Gasteiger partial charge in [-0.2, -0.15) is 0 Å². The second-order valence-electron chi connectivity index (χ2n) is 4.64. The number of nitrogens with zero attached hydrogens (tertiary/aromatic N) is 1. The largest absolute Gasteiger partial charge is 0.323 e. The van der Waals surface area contributed by atoms with E-state index in [-0.39, 0.29) is 11.8 Å². The molecule has 1 aromatic carbocycles. The number of nitrogens with one attached hydrogen (secondary N) is 1. The number of rotatable bonds is 3. The van der Waals surface area contributed by atoms with E-state index in [4.69, 9.17) is 5.73 Å². The highest BCUT2D eigenvalue weighted by atomic mass is 16.2. The smallest absolute Gasteiger partial charge is 0.241 e. The number of pyridine rings is 1. The van der Waals surface area contributed by atoms with Crippen molar-refractivity contribution in [3.8, 4) is 0 Å². The Morgan fingerprint density at radius 3 is 2.72 bits per heavy atom. The number of fused-ring (bicyclic) bond motifs is 1. The molecule has 0 aliphatic rings. The van der Waals surface area contributed by atoms with Crippen LogP contribution in [0.1, 0.15) is 13.8 Å². The number of carbonyl (C=O) groups is 1. The molecule has 0 bridgehead atoms. The van der Waals surface area contributed by atoms with Crippen LogP contribution in [-0.4, -0.2) is 16.9 Å². The van der Waals surface area contributed by atoms with Crippen LogP contribution in [-0.2, 0) is 4.79 Å². The predicted molar refractivity (Wildman–Crippen MR) is 73.2 cm³/mol. The van der Waals surface area contributed by atoms with Crippen molar-refractivity contribution in [2.45, 2.75) is 19.9 Å². The van der Waals surface area contributed by atoms with Gasteiger partial charge in [-0.1, -0.05) is 32.0 Å². The molecule has 4 nitrogen and oxygen atoms in total. The molecule has 0 fully saturated rings. The van der Waals surface area contributed by atoms with Gasteiger partial charge in [0.2, 0.25) is 5.91 Å². The first-order chi connectivity index (χ1) is 8.59. The highest BCUT2D eigenvalue weighted by molar-refractivity contribution is 6.02. The van der Waals surface area contributed by atoms with Crippen molar-refractivity contribution in [3.05, 3.63) is 36.5 Å². The average molecular weight is 243 g/mol. The standard InChI is InChI=1S/C14H17N3O/c1-9(2)12(15)14(18)17-11-7-3-5-10-6-4-8-16-13(10)11/h3-9,12H,15H2,1-2H3,(H,17,18)/t12-/m1/s1. The summed E-state index contributed by atoms with van der Waals surface area (Å²) in [5.74, 6) is -0.0731. The number of para-hydroxylation sites is 1. The van der Waals surface area contributed by atoms with Gasteiger partial charge in [0.15, 0.2) is 0 Å². The fourth-order valence-electron chi connectivity index (χ4n) is 1.72. The van der Waals surface area contributed by atoms with Gasteiger partial charge in [0.05, 0.1) is 17.2 Å². The van der Waals surface area contributed by atoms with Crippen molar-refractivity contribution in [2.75, 3.05) is 5.32 Å². The summed E-state index contributed by atoms with van der Waals surface area (Å²) in [6, 6.07) is 9.00. The maximum Gasteiger partial charge on any atom is 0.241 e. The van der Waals surface area contributed by atoms with E-state index in [9.17, 15) is 4.79 Å². The van der Waals surface area contributed by atoms with Crippen LogP contribution >= 0.6 is 0 Å². The summed E-state index contributed by atoms with van der Waals surface area (Å²) in [6.45, 7) is 3.84. The van der Waals surface area contributed by atoms with Crippen LogP contribution in [0.2, 0.25) is 0 Å². The van der Waals surface area contributed by atoms with Gasteiger partial charge in [-0.25, -0.2) is 0 Å². The van der Waals surface area contributed by atoms with E-state index in [0.29, 0.717) is 5.69 Å². The second kappa shape index (κ2) is 5.14. The molecule has 0 saturated heterocycles. The van der Waals surface area contributed by atoms with E-state index >= 15 is 0 Å². The van der Waals surface area contributed by atoms with Crippen molar-refractivity contribution >= 4 is 22.5 Å². The van der Waals surface area contributed by atoms with Crippen LogP contribution in [0.4, 0.5) is 5.69 Å². The third-order valence-corrected chi connectivity index (χ3v) is 2.91. The van der Waals surface area contributed by atoms with Crippen molar-refractivity contribution < 1.29 is 4.79 Å². The van der Waals surface area contributed by atoms with Crippen LogP contribution in [0.25, 0.3) is 10.9 Å².